The number of carbonyl (C=O) groups excluding carboxylic acids is 1. The largest absolute Gasteiger partial charge is 0.372 e. The quantitative estimate of drug-likeness (QED) is 0.672. The lowest BCUT2D eigenvalue weighted by molar-refractivity contribution is -0.120. The van der Waals surface area contributed by atoms with Gasteiger partial charge in [-0.05, 0) is 62.1 Å². The summed E-state index contributed by atoms with van der Waals surface area (Å²) in [5.74, 6) is -1.49. The van der Waals surface area contributed by atoms with E-state index in [2.05, 4.69) is 10.2 Å². The molecule has 9 heteroatoms. The lowest BCUT2D eigenvalue weighted by Crippen LogP contribution is -2.42. The summed E-state index contributed by atoms with van der Waals surface area (Å²) < 4.78 is 40.9. The van der Waals surface area contributed by atoms with Gasteiger partial charge < -0.3 is 10.2 Å². The molecule has 0 aliphatic carbocycles. The molecule has 2 aromatic carbocycles. The van der Waals surface area contributed by atoms with Crippen LogP contribution >= 0.6 is 11.6 Å². The highest BCUT2D eigenvalue weighted by Crippen LogP contribution is 2.27. The van der Waals surface area contributed by atoms with E-state index in [1.165, 1.54) is 35.3 Å². The highest BCUT2D eigenvalue weighted by Gasteiger charge is 2.32. The summed E-state index contributed by atoms with van der Waals surface area (Å²) in [5.41, 5.74) is 1.88. The smallest absolute Gasteiger partial charge is 0.227 e. The van der Waals surface area contributed by atoms with Gasteiger partial charge in [-0.1, -0.05) is 17.7 Å². The average molecular weight is 480 g/mol. The Balaban J connectivity index is 1.31. The molecule has 2 aromatic rings. The Kier molecular flexibility index (Phi) is 7.02. The SMILES string of the molecule is O=C(Nc1ccc(N2CCCC2)cc1)C1CCN(S(=O)(=O)Cc2c(F)cccc2Cl)CC1. The molecule has 0 bridgehead atoms. The van der Waals surface area contributed by atoms with Crippen LogP contribution in [0, 0.1) is 11.7 Å². The lowest BCUT2D eigenvalue weighted by Gasteiger charge is -2.30. The number of amides is 1. The van der Waals surface area contributed by atoms with Gasteiger partial charge in [0, 0.05) is 54.1 Å². The van der Waals surface area contributed by atoms with Crippen LogP contribution in [-0.2, 0) is 20.6 Å². The summed E-state index contributed by atoms with van der Waals surface area (Å²) >= 11 is 5.98. The molecule has 172 valence electrons. The molecule has 0 radical (unpaired) electrons. The maximum atomic E-state index is 14.0. The van der Waals surface area contributed by atoms with E-state index in [0.717, 1.165) is 24.5 Å². The van der Waals surface area contributed by atoms with E-state index in [0.29, 0.717) is 12.8 Å². The van der Waals surface area contributed by atoms with Crippen molar-refractivity contribution in [3.8, 4) is 0 Å². The molecule has 0 saturated carbocycles. The predicted molar refractivity (Wildman–Crippen MR) is 125 cm³/mol. The summed E-state index contributed by atoms with van der Waals surface area (Å²) in [7, 11) is -3.73. The Bertz CT molecular complexity index is 1040. The van der Waals surface area contributed by atoms with Gasteiger partial charge in [0.25, 0.3) is 0 Å². The molecule has 0 spiro atoms. The van der Waals surface area contributed by atoms with Crippen molar-refractivity contribution >= 4 is 38.9 Å². The number of halogens is 2. The summed E-state index contributed by atoms with van der Waals surface area (Å²) in [6, 6.07) is 12.0. The number of piperidine rings is 1. The molecule has 1 amide bonds. The van der Waals surface area contributed by atoms with Crippen LogP contribution in [0.1, 0.15) is 31.2 Å². The molecule has 0 aromatic heterocycles. The number of rotatable bonds is 6. The minimum Gasteiger partial charge on any atom is -0.372 e. The molecule has 0 unspecified atom stereocenters. The number of benzene rings is 2. The van der Waals surface area contributed by atoms with Gasteiger partial charge >= 0.3 is 0 Å². The van der Waals surface area contributed by atoms with E-state index in [9.17, 15) is 17.6 Å². The number of hydrogen-bond donors (Lipinski definition) is 1. The minimum absolute atomic E-state index is 0.0218. The third kappa shape index (κ3) is 5.24. The van der Waals surface area contributed by atoms with E-state index >= 15 is 0 Å². The third-order valence-electron chi connectivity index (χ3n) is 6.21. The van der Waals surface area contributed by atoms with Crippen molar-refractivity contribution in [3.63, 3.8) is 0 Å². The normalized spacial score (nSPS) is 18.1. The summed E-state index contributed by atoms with van der Waals surface area (Å²) in [4.78, 5) is 15.0. The fourth-order valence-corrected chi connectivity index (χ4v) is 6.23. The van der Waals surface area contributed by atoms with Crippen molar-refractivity contribution in [2.75, 3.05) is 36.4 Å². The topological polar surface area (TPSA) is 69.7 Å². The Morgan fingerprint density at radius 2 is 1.69 bits per heavy atom. The van der Waals surface area contributed by atoms with Crippen LogP contribution in [0.2, 0.25) is 5.02 Å². The lowest BCUT2D eigenvalue weighted by atomic mass is 9.97. The first-order valence-electron chi connectivity index (χ1n) is 10.9. The van der Waals surface area contributed by atoms with Crippen molar-refractivity contribution in [3.05, 3.63) is 58.9 Å². The Morgan fingerprint density at radius 1 is 1.03 bits per heavy atom. The number of sulfonamides is 1. The molecule has 2 aliphatic rings. The van der Waals surface area contributed by atoms with Crippen LogP contribution < -0.4 is 10.2 Å². The monoisotopic (exact) mass is 479 g/mol. The summed E-state index contributed by atoms with van der Waals surface area (Å²) in [6.45, 7) is 2.58. The van der Waals surface area contributed by atoms with E-state index in [1.807, 2.05) is 24.3 Å². The first kappa shape index (κ1) is 23.0. The molecule has 0 atom stereocenters. The predicted octanol–water partition coefficient (Wildman–Crippen LogP) is 4.26. The molecule has 2 saturated heterocycles. The van der Waals surface area contributed by atoms with Crippen molar-refractivity contribution in [1.82, 2.24) is 4.31 Å². The minimum atomic E-state index is -3.73. The molecule has 2 aliphatic heterocycles. The number of anilines is 2. The van der Waals surface area contributed by atoms with E-state index < -0.39 is 21.6 Å². The third-order valence-corrected chi connectivity index (χ3v) is 8.37. The van der Waals surface area contributed by atoms with Gasteiger partial charge in [-0.25, -0.2) is 17.1 Å². The van der Waals surface area contributed by atoms with Crippen molar-refractivity contribution in [2.24, 2.45) is 5.92 Å². The second-order valence-electron chi connectivity index (χ2n) is 8.36. The molecule has 4 rings (SSSR count). The highest BCUT2D eigenvalue weighted by molar-refractivity contribution is 7.88. The Morgan fingerprint density at radius 3 is 2.31 bits per heavy atom. The van der Waals surface area contributed by atoms with Gasteiger partial charge in [0.05, 0.1) is 5.75 Å². The van der Waals surface area contributed by atoms with Gasteiger partial charge in [0.2, 0.25) is 15.9 Å². The fourth-order valence-electron chi connectivity index (χ4n) is 4.32. The maximum absolute atomic E-state index is 14.0. The van der Waals surface area contributed by atoms with E-state index in [-0.39, 0.29) is 35.5 Å². The summed E-state index contributed by atoms with van der Waals surface area (Å²) in [6.07, 6.45) is 3.25. The zero-order chi connectivity index (χ0) is 22.7. The van der Waals surface area contributed by atoms with Crippen LogP contribution in [0.3, 0.4) is 0 Å². The molecule has 1 N–H and O–H groups in total. The van der Waals surface area contributed by atoms with E-state index in [1.54, 1.807) is 0 Å². The van der Waals surface area contributed by atoms with Gasteiger partial charge in [-0.15, -0.1) is 0 Å². The standard InChI is InChI=1S/C23H27ClFN3O3S/c24-21-4-3-5-22(25)20(21)16-32(30,31)28-14-10-17(11-15-28)23(29)26-18-6-8-19(9-7-18)27-12-1-2-13-27/h3-9,17H,1-2,10-16H2,(H,26,29). The van der Waals surface area contributed by atoms with Gasteiger partial charge in [-0.2, -0.15) is 0 Å². The molecule has 32 heavy (non-hydrogen) atoms. The zero-order valence-corrected chi connectivity index (χ0v) is 19.3. The van der Waals surface area contributed by atoms with Crippen LogP contribution in [0.15, 0.2) is 42.5 Å². The van der Waals surface area contributed by atoms with Crippen LogP contribution in [0.4, 0.5) is 15.8 Å². The van der Waals surface area contributed by atoms with Crippen molar-refractivity contribution in [1.29, 1.82) is 0 Å². The Labute approximate surface area is 193 Å². The molecule has 2 fully saturated rings. The Hall–Kier alpha value is -2.16. The molecule has 6 nitrogen and oxygen atoms in total. The average Bonchev–Trinajstić information content (AvgIpc) is 3.32. The number of nitrogens with zero attached hydrogens (tertiary/aromatic N) is 2. The molecular weight excluding hydrogens is 453 g/mol. The van der Waals surface area contributed by atoms with Crippen molar-refractivity contribution in [2.45, 2.75) is 31.4 Å². The van der Waals surface area contributed by atoms with Gasteiger partial charge in [0.1, 0.15) is 5.82 Å². The number of nitrogens with one attached hydrogen (secondary N) is 1. The second-order valence-corrected chi connectivity index (χ2v) is 10.7. The molecular formula is C23H27ClFN3O3S. The first-order chi connectivity index (χ1) is 15.3. The highest BCUT2D eigenvalue weighted by atomic mass is 35.5. The first-order valence-corrected chi connectivity index (χ1v) is 12.9. The summed E-state index contributed by atoms with van der Waals surface area (Å²) in [5, 5.41) is 3.04. The second kappa shape index (κ2) is 9.77. The van der Waals surface area contributed by atoms with Crippen LogP contribution in [0.25, 0.3) is 0 Å². The van der Waals surface area contributed by atoms with Crippen LogP contribution in [0.5, 0.6) is 0 Å². The number of carbonyl (C=O) groups is 1. The zero-order valence-electron chi connectivity index (χ0n) is 17.8. The van der Waals surface area contributed by atoms with Gasteiger partial charge in [-0.3, -0.25) is 4.79 Å². The van der Waals surface area contributed by atoms with E-state index in [4.69, 9.17) is 11.6 Å². The number of hydrogen-bond acceptors (Lipinski definition) is 4. The molecule has 2 heterocycles. The van der Waals surface area contributed by atoms with Crippen LogP contribution in [-0.4, -0.2) is 44.8 Å². The van der Waals surface area contributed by atoms with Gasteiger partial charge in [0.15, 0.2) is 0 Å². The fraction of sp³-hybridized carbons (Fsp3) is 0.435. The maximum Gasteiger partial charge on any atom is 0.227 e. The van der Waals surface area contributed by atoms with Crippen molar-refractivity contribution < 1.29 is 17.6 Å².